The molecule has 9 heteroatoms. The smallest absolute Gasteiger partial charge is 0.220 e. The van der Waals surface area contributed by atoms with Crippen LogP contribution in [0.5, 0.6) is 0 Å². The third kappa shape index (κ3) is 3.36. The summed E-state index contributed by atoms with van der Waals surface area (Å²) >= 11 is 0. The van der Waals surface area contributed by atoms with Crippen molar-refractivity contribution in [2.75, 3.05) is 37.6 Å². The van der Waals surface area contributed by atoms with Crippen LogP contribution in [0.3, 0.4) is 0 Å². The minimum atomic E-state index is -0.380. The Morgan fingerprint density at radius 1 is 1.00 bits per heavy atom. The minimum Gasteiger partial charge on any atom is -0.571 e. The molecule has 0 N–H and O–H groups in total. The van der Waals surface area contributed by atoms with Crippen molar-refractivity contribution in [3.63, 3.8) is 0 Å². The van der Waals surface area contributed by atoms with E-state index in [1.807, 2.05) is 19.2 Å². The maximum absolute atomic E-state index is 13.0. The molecule has 1 aromatic carbocycles. The fourth-order valence-corrected chi connectivity index (χ4v) is 4.30. The highest BCUT2D eigenvalue weighted by Gasteiger charge is 2.39. The van der Waals surface area contributed by atoms with E-state index in [0.29, 0.717) is 29.2 Å². The Morgan fingerprint density at radius 2 is 1.71 bits per heavy atom. The number of carbonyl (C=O) groups is 2. The number of anilines is 1. The molecule has 0 bridgehead atoms. The summed E-state index contributed by atoms with van der Waals surface area (Å²) < 4.78 is 1.28. The number of hydrogen-bond acceptors (Lipinski definition) is 7. The van der Waals surface area contributed by atoms with Gasteiger partial charge < -0.3 is 10.1 Å². The van der Waals surface area contributed by atoms with Gasteiger partial charge in [0.05, 0.1) is 6.54 Å². The second-order valence-electron chi connectivity index (χ2n) is 7.86. The standard InChI is InChI=1S/C22H22N6O3/c1-15-14-16(6-7-23-15)26-11-8-25(9-12-26)10-13-27-20-19(24-28(27)31)21(29)17-4-2-3-5-18(17)22(20)30/h2-7,14H,8-13H2,1H3. The first-order chi connectivity index (χ1) is 15.0. The first-order valence-corrected chi connectivity index (χ1v) is 10.3. The molecule has 0 amide bonds. The van der Waals surface area contributed by atoms with E-state index in [2.05, 4.69) is 25.9 Å². The Morgan fingerprint density at radius 3 is 2.42 bits per heavy atom. The third-order valence-electron chi connectivity index (χ3n) is 5.97. The van der Waals surface area contributed by atoms with Crippen molar-refractivity contribution < 1.29 is 14.5 Å². The monoisotopic (exact) mass is 418 g/mol. The first kappa shape index (κ1) is 19.4. The fourth-order valence-electron chi connectivity index (χ4n) is 4.30. The van der Waals surface area contributed by atoms with Crippen molar-refractivity contribution in [2.24, 2.45) is 0 Å². The van der Waals surface area contributed by atoms with Gasteiger partial charge in [0, 0.05) is 71.5 Å². The number of aryl methyl sites for hydroxylation is 1. The summed E-state index contributed by atoms with van der Waals surface area (Å²) in [6.45, 7) is 6.29. The Labute approximate surface area is 179 Å². The van der Waals surface area contributed by atoms with Crippen LogP contribution in [-0.2, 0) is 6.54 Å². The average molecular weight is 418 g/mol. The van der Waals surface area contributed by atoms with Gasteiger partial charge in [-0.2, -0.15) is 0 Å². The summed E-state index contributed by atoms with van der Waals surface area (Å²) in [4.78, 5) is 34.9. The summed E-state index contributed by atoms with van der Waals surface area (Å²) in [5.74, 6) is -0.708. The zero-order valence-corrected chi connectivity index (χ0v) is 17.2. The van der Waals surface area contributed by atoms with Gasteiger partial charge in [-0.15, -0.1) is 4.68 Å². The van der Waals surface area contributed by atoms with Gasteiger partial charge in [-0.1, -0.05) is 24.3 Å². The molecule has 1 aliphatic carbocycles. The third-order valence-corrected chi connectivity index (χ3v) is 5.97. The molecule has 1 aliphatic heterocycles. The van der Waals surface area contributed by atoms with Crippen molar-refractivity contribution >= 4 is 17.3 Å². The van der Waals surface area contributed by atoms with Crippen molar-refractivity contribution in [1.82, 2.24) is 19.7 Å². The maximum atomic E-state index is 13.0. The second kappa shape index (κ2) is 7.59. The number of aromatic nitrogens is 4. The van der Waals surface area contributed by atoms with E-state index in [-0.39, 0.29) is 23.0 Å². The zero-order valence-electron chi connectivity index (χ0n) is 17.2. The number of benzene rings is 1. The molecule has 0 atom stereocenters. The molecule has 2 aromatic heterocycles. The van der Waals surface area contributed by atoms with Gasteiger partial charge in [-0.25, -0.2) is 0 Å². The van der Waals surface area contributed by atoms with Crippen molar-refractivity contribution in [3.8, 4) is 0 Å². The largest absolute Gasteiger partial charge is 0.571 e. The Balaban J connectivity index is 1.29. The number of ketones is 2. The van der Waals surface area contributed by atoms with Gasteiger partial charge in [-0.05, 0) is 19.1 Å². The summed E-state index contributed by atoms with van der Waals surface area (Å²) in [6, 6.07) is 10.7. The minimum absolute atomic E-state index is 0.0587. The van der Waals surface area contributed by atoms with Gasteiger partial charge in [0.25, 0.3) is 0 Å². The van der Waals surface area contributed by atoms with Crippen LogP contribution in [0.4, 0.5) is 5.69 Å². The molecule has 3 aromatic rings. The number of rotatable bonds is 4. The molecule has 9 nitrogen and oxygen atoms in total. The highest BCUT2D eigenvalue weighted by molar-refractivity contribution is 6.26. The Bertz CT molecular complexity index is 1180. The van der Waals surface area contributed by atoms with E-state index < -0.39 is 0 Å². The molecule has 0 radical (unpaired) electrons. The molecule has 5 rings (SSSR count). The number of hydrogen-bond donors (Lipinski definition) is 0. The van der Waals surface area contributed by atoms with E-state index in [9.17, 15) is 14.8 Å². The quantitative estimate of drug-likeness (QED) is 0.357. The lowest BCUT2D eigenvalue weighted by Crippen LogP contribution is -2.49. The molecule has 0 spiro atoms. The second-order valence-corrected chi connectivity index (χ2v) is 7.86. The number of nitrogens with zero attached hydrogens (tertiary/aromatic N) is 6. The van der Waals surface area contributed by atoms with E-state index in [4.69, 9.17) is 0 Å². The van der Waals surface area contributed by atoms with Gasteiger partial charge in [0.1, 0.15) is 0 Å². The lowest BCUT2D eigenvalue weighted by Gasteiger charge is -2.36. The summed E-state index contributed by atoms with van der Waals surface area (Å²) in [7, 11) is 0. The SMILES string of the molecule is Cc1cc(N2CCN(CCn3c4c(n[n+]3[O-])C(=O)c3ccccc3C4=O)CC2)ccn1. The maximum Gasteiger partial charge on any atom is 0.220 e. The lowest BCUT2D eigenvalue weighted by molar-refractivity contribution is -0.749. The van der Waals surface area contributed by atoms with E-state index in [1.165, 1.54) is 4.68 Å². The van der Waals surface area contributed by atoms with E-state index in [0.717, 1.165) is 37.6 Å². The number of carbonyl (C=O) groups excluding carboxylic acids is 2. The average Bonchev–Trinajstić information content (AvgIpc) is 3.13. The van der Waals surface area contributed by atoms with Gasteiger partial charge in [0.2, 0.25) is 17.3 Å². The molecule has 0 saturated carbocycles. The van der Waals surface area contributed by atoms with Crippen LogP contribution in [0.2, 0.25) is 0 Å². The molecule has 0 unspecified atom stereocenters. The predicted molar refractivity (Wildman–Crippen MR) is 112 cm³/mol. The van der Waals surface area contributed by atoms with Crippen LogP contribution in [0.15, 0.2) is 42.6 Å². The summed E-state index contributed by atoms with van der Waals surface area (Å²) in [6.07, 6.45) is 1.82. The summed E-state index contributed by atoms with van der Waals surface area (Å²) in [5.41, 5.74) is 2.80. The zero-order chi connectivity index (χ0) is 21.5. The number of pyridine rings is 1. The van der Waals surface area contributed by atoms with E-state index >= 15 is 0 Å². The van der Waals surface area contributed by atoms with Crippen LogP contribution >= 0.6 is 0 Å². The number of fused-ring (bicyclic) bond motifs is 2. The number of piperazine rings is 1. The van der Waals surface area contributed by atoms with Crippen LogP contribution < -0.4 is 9.86 Å². The van der Waals surface area contributed by atoms with Crippen LogP contribution in [0.25, 0.3) is 0 Å². The van der Waals surface area contributed by atoms with Crippen LogP contribution in [0.1, 0.15) is 37.8 Å². The van der Waals surface area contributed by atoms with Gasteiger partial charge in [-0.3, -0.25) is 19.5 Å². The summed E-state index contributed by atoms with van der Waals surface area (Å²) in [5, 5.41) is 16.2. The molecule has 1 saturated heterocycles. The van der Waals surface area contributed by atoms with Crippen molar-refractivity contribution in [3.05, 3.63) is 76.0 Å². The van der Waals surface area contributed by atoms with Crippen molar-refractivity contribution in [1.29, 1.82) is 0 Å². The molecule has 31 heavy (non-hydrogen) atoms. The predicted octanol–water partition coefficient (Wildman–Crippen LogP) is 0.818. The lowest BCUT2D eigenvalue weighted by atomic mass is 9.90. The normalized spacial score (nSPS) is 16.4. The topological polar surface area (TPSA) is 98.3 Å². The molecule has 158 valence electrons. The molecule has 2 aliphatic rings. The molecule has 1 fully saturated rings. The van der Waals surface area contributed by atoms with Crippen LogP contribution in [-0.4, -0.2) is 64.0 Å². The van der Waals surface area contributed by atoms with Crippen LogP contribution in [0, 0.1) is 12.1 Å². The highest BCUT2D eigenvalue weighted by Crippen LogP contribution is 2.25. The molecule has 3 heterocycles. The Hall–Kier alpha value is -3.59. The van der Waals surface area contributed by atoms with Gasteiger partial charge >= 0.3 is 0 Å². The molecular formula is C22H22N6O3. The molecular weight excluding hydrogens is 396 g/mol. The van der Waals surface area contributed by atoms with E-state index in [1.54, 1.807) is 24.3 Å². The first-order valence-electron chi connectivity index (χ1n) is 10.3. The highest BCUT2D eigenvalue weighted by atomic mass is 16.5. The Kier molecular flexibility index (Phi) is 4.74. The fraction of sp³-hybridized carbons (Fsp3) is 0.318. The van der Waals surface area contributed by atoms with Crippen molar-refractivity contribution in [2.45, 2.75) is 13.5 Å². The van der Waals surface area contributed by atoms with Gasteiger partial charge in [0.15, 0.2) is 5.69 Å².